The summed E-state index contributed by atoms with van der Waals surface area (Å²) in [6, 6.07) is 12.8. The molecule has 0 amide bonds. The van der Waals surface area contributed by atoms with Gasteiger partial charge in [-0.3, -0.25) is 0 Å². The Bertz CT molecular complexity index is 851. The molecule has 0 spiro atoms. The average molecular weight is 410 g/mol. The fraction of sp³-hybridized carbons (Fsp3) is 0.333. The minimum Gasteiger partial charge on any atom is -0.496 e. The highest BCUT2D eigenvalue weighted by Gasteiger charge is 2.32. The molecule has 1 aliphatic carbocycles. The number of aryl methyl sites for hydroxylation is 1. The highest BCUT2D eigenvalue weighted by Crippen LogP contribution is 2.37. The van der Waals surface area contributed by atoms with Gasteiger partial charge in [-0.25, -0.2) is 8.42 Å². The van der Waals surface area contributed by atoms with Crippen LogP contribution in [0.1, 0.15) is 30.0 Å². The molecule has 0 heterocycles. The van der Waals surface area contributed by atoms with Crippen molar-refractivity contribution in [3.05, 3.63) is 58.1 Å². The predicted molar refractivity (Wildman–Crippen MR) is 97.8 cm³/mol. The third-order valence-electron chi connectivity index (χ3n) is 4.58. The number of halogens is 1. The lowest BCUT2D eigenvalue weighted by Gasteiger charge is -2.32. The van der Waals surface area contributed by atoms with Crippen molar-refractivity contribution in [2.75, 3.05) is 14.2 Å². The van der Waals surface area contributed by atoms with Crippen molar-refractivity contribution in [1.29, 1.82) is 0 Å². The van der Waals surface area contributed by atoms with Gasteiger partial charge in [0.15, 0.2) is 0 Å². The van der Waals surface area contributed by atoms with Crippen LogP contribution in [0.2, 0.25) is 0 Å². The van der Waals surface area contributed by atoms with Crippen LogP contribution in [0.25, 0.3) is 0 Å². The molecule has 0 aliphatic heterocycles. The van der Waals surface area contributed by atoms with Gasteiger partial charge in [0.05, 0.1) is 16.5 Å². The SMILES string of the molecule is COc1ccc(S(=O)(=O)N(C)[C@@H]2CCCc3ccccc32)cc1Br. The van der Waals surface area contributed by atoms with Crippen molar-refractivity contribution in [3.63, 3.8) is 0 Å². The van der Waals surface area contributed by atoms with Gasteiger partial charge in [0.1, 0.15) is 5.75 Å². The Morgan fingerprint density at radius 2 is 1.96 bits per heavy atom. The van der Waals surface area contributed by atoms with Gasteiger partial charge in [-0.05, 0) is 64.5 Å². The quantitative estimate of drug-likeness (QED) is 0.761. The molecule has 0 radical (unpaired) electrons. The van der Waals surface area contributed by atoms with Crippen molar-refractivity contribution < 1.29 is 13.2 Å². The summed E-state index contributed by atoms with van der Waals surface area (Å²) in [4.78, 5) is 0.265. The zero-order chi connectivity index (χ0) is 17.3. The monoisotopic (exact) mass is 409 g/mol. The zero-order valence-electron chi connectivity index (χ0n) is 13.7. The number of hydrogen-bond acceptors (Lipinski definition) is 3. The smallest absolute Gasteiger partial charge is 0.243 e. The van der Waals surface area contributed by atoms with E-state index in [0.717, 1.165) is 24.8 Å². The Labute approximate surface area is 151 Å². The van der Waals surface area contributed by atoms with Crippen molar-refractivity contribution >= 4 is 26.0 Å². The van der Waals surface area contributed by atoms with Gasteiger partial charge in [0.2, 0.25) is 10.0 Å². The largest absolute Gasteiger partial charge is 0.496 e. The molecule has 0 N–H and O–H groups in total. The second kappa shape index (κ2) is 6.86. The highest BCUT2D eigenvalue weighted by atomic mass is 79.9. The first-order valence-electron chi connectivity index (χ1n) is 7.84. The highest BCUT2D eigenvalue weighted by molar-refractivity contribution is 9.10. The van der Waals surface area contributed by atoms with E-state index in [1.165, 1.54) is 9.87 Å². The lowest BCUT2D eigenvalue weighted by atomic mass is 9.88. The second-order valence-electron chi connectivity index (χ2n) is 5.92. The fourth-order valence-corrected chi connectivity index (χ4v) is 5.33. The van der Waals surface area contributed by atoms with Crippen LogP contribution in [0.3, 0.4) is 0 Å². The lowest BCUT2D eigenvalue weighted by molar-refractivity contribution is 0.337. The Kier molecular flexibility index (Phi) is 4.99. The van der Waals surface area contributed by atoms with E-state index in [0.29, 0.717) is 10.2 Å². The minimum absolute atomic E-state index is 0.124. The molecule has 1 aliphatic rings. The molecule has 6 heteroatoms. The number of sulfonamides is 1. The van der Waals surface area contributed by atoms with Crippen LogP contribution < -0.4 is 4.74 Å². The number of benzene rings is 2. The van der Waals surface area contributed by atoms with Gasteiger partial charge in [-0.1, -0.05) is 24.3 Å². The molecule has 1 atom stereocenters. The van der Waals surface area contributed by atoms with Gasteiger partial charge in [-0.15, -0.1) is 0 Å². The van der Waals surface area contributed by atoms with Gasteiger partial charge in [0.25, 0.3) is 0 Å². The average Bonchev–Trinajstić information content (AvgIpc) is 2.60. The summed E-state index contributed by atoms with van der Waals surface area (Å²) < 4.78 is 33.4. The molecule has 0 unspecified atom stereocenters. The van der Waals surface area contributed by atoms with Crippen LogP contribution in [0.4, 0.5) is 0 Å². The van der Waals surface area contributed by atoms with Crippen molar-refractivity contribution in [2.24, 2.45) is 0 Å². The fourth-order valence-electron chi connectivity index (χ4n) is 3.25. The molecular formula is C18H20BrNO3S. The Balaban J connectivity index is 1.97. The van der Waals surface area contributed by atoms with E-state index in [4.69, 9.17) is 4.74 Å². The summed E-state index contributed by atoms with van der Waals surface area (Å²) in [5, 5.41) is 0. The Hall–Kier alpha value is -1.37. The number of hydrogen-bond donors (Lipinski definition) is 0. The van der Waals surface area contributed by atoms with Gasteiger partial charge < -0.3 is 4.74 Å². The molecule has 4 nitrogen and oxygen atoms in total. The van der Waals surface area contributed by atoms with Crippen molar-refractivity contribution in [2.45, 2.75) is 30.2 Å². The molecule has 128 valence electrons. The molecule has 0 saturated carbocycles. The summed E-state index contributed by atoms with van der Waals surface area (Å²) in [5.41, 5.74) is 2.36. The normalized spacial score (nSPS) is 17.6. The van der Waals surface area contributed by atoms with E-state index < -0.39 is 10.0 Å². The number of methoxy groups -OCH3 is 1. The minimum atomic E-state index is -3.58. The molecule has 0 bridgehead atoms. The summed E-state index contributed by atoms with van der Waals surface area (Å²) in [7, 11) is -0.359. The number of fused-ring (bicyclic) bond motifs is 1. The summed E-state index contributed by atoms with van der Waals surface area (Å²) in [6.45, 7) is 0. The first-order valence-corrected chi connectivity index (χ1v) is 10.1. The van der Waals surface area contributed by atoms with E-state index in [2.05, 4.69) is 22.0 Å². The van der Waals surface area contributed by atoms with Gasteiger partial charge in [-0.2, -0.15) is 4.31 Å². The Morgan fingerprint density at radius 1 is 1.21 bits per heavy atom. The van der Waals surface area contributed by atoms with Crippen molar-refractivity contribution in [3.8, 4) is 5.75 Å². The molecule has 2 aromatic carbocycles. The predicted octanol–water partition coefficient (Wildman–Crippen LogP) is 4.16. The number of rotatable bonds is 4. The standard InChI is InChI=1S/C18H20BrNO3S/c1-20(17-9-5-7-13-6-3-4-8-15(13)17)24(21,22)14-10-11-18(23-2)16(19)12-14/h3-4,6,8,10-12,17H,5,7,9H2,1-2H3/t17-/m1/s1. The van der Waals surface area contributed by atoms with Gasteiger partial charge in [0, 0.05) is 13.1 Å². The van der Waals surface area contributed by atoms with E-state index in [-0.39, 0.29) is 10.9 Å². The third kappa shape index (κ3) is 3.10. The molecule has 2 aromatic rings. The van der Waals surface area contributed by atoms with Crippen molar-refractivity contribution in [1.82, 2.24) is 4.31 Å². The van der Waals surface area contributed by atoms with E-state index >= 15 is 0 Å². The van der Waals surface area contributed by atoms with Crippen LogP contribution >= 0.6 is 15.9 Å². The van der Waals surface area contributed by atoms with Crippen LogP contribution in [0, 0.1) is 0 Å². The first kappa shape index (κ1) is 17.5. The van der Waals surface area contributed by atoms with E-state index in [1.54, 1.807) is 32.4 Å². The van der Waals surface area contributed by atoms with E-state index in [9.17, 15) is 8.42 Å². The maximum atomic E-state index is 13.1. The van der Waals surface area contributed by atoms with Crippen LogP contribution in [-0.2, 0) is 16.4 Å². The van der Waals surface area contributed by atoms with Gasteiger partial charge >= 0.3 is 0 Å². The zero-order valence-corrected chi connectivity index (χ0v) is 16.1. The Morgan fingerprint density at radius 3 is 2.67 bits per heavy atom. The first-order chi connectivity index (χ1) is 11.4. The number of nitrogens with zero attached hydrogens (tertiary/aromatic N) is 1. The summed E-state index contributed by atoms with van der Waals surface area (Å²) in [6.07, 6.45) is 2.84. The molecule has 24 heavy (non-hydrogen) atoms. The topological polar surface area (TPSA) is 46.6 Å². The molecule has 3 rings (SSSR count). The maximum Gasteiger partial charge on any atom is 0.243 e. The lowest BCUT2D eigenvalue weighted by Crippen LogP contribution is -2.33. The summed E-state index contributed by atoms with van der Waals surface area (Å²) in [5.74, 6) is 0.611. The van der Waals surface area contributed by atoms with E-state index in [1.807, 2.05) is 18.2 Å². The maximum absolute atomic E-state index is 13.1. The molecule has 0 fully saturated rings. The second-order valence-corrected chi connectivity index (χ2v) is 8.78. The summed E-state index contributed by atoms with van der Waals surface area (Å²) >= 11 is 3.36. The molecule has 0 saturated heterocycles. The molecule has 0 aromatic heterocycles. The van der Waals surface area contributed by atoms with Crippen LogP contribution in [-0.4, -0.2) is 26.9 Å². The number of ether oxygens (including phenoxy) is 1. The third-order valence-corrected chi connectivity index (χ3v) is 7.06. The van der Waals surface area contributed by atoms with Crippen LogP contribution in [0.15, 0.2) is 51.8 Å². The molecular weight excluding hydrogens is 390 g/mol. The van der Waals surface area contributed by atoms with Crippen LogP contribution in [0.5, 0.6) is 5.75 Å².